The summed E-state index contributed by atoms with van der Waals surface area (Å²) in [6.07, 6.45) is -0.545. The van der Waals surface area contributed by atoms with Crippen LogP contribution in [0.3, 0.4) is 0 Å². The van der Waals surface area contributed by atoms with Crippen molar-refractivity contribution in [2.24, 2.45) is 0 Å². The number of nitrogens with one attached hydrogen (secondary N) is 1. The standard InChI is InChI=1S/C11H14BrNO3/c1-13-4-10(14)8-3-11-7(2-9(8)12)5-15-6-16-11/h2-3,10,13-14H,4-6H2,1H3. The Morgan fingerprint density at radius 3 is 3.12 bits per heavy atom. The number of aliphatic hydroxyl groups excluding tert-OH is 1. The van der Waals surface area contributed by atoms with Crippen LogP contribution in [0.4, 0.5) is 0 Å². The molecule has 0 bridgehead atoms. The average molecular weight is 288 g/mol. The molecule has 1 aliphatic rings. The van der Waals surface area contributed by atoms with Gasteiger partial charge in [0.1, 0.15) is 5.75 Å². The van der Waals surface area contributed by atoms with Crippen LogP contribution in [0.15, 0.2) is 16.6 Å². The van der Waals surface area contributed by atoms with Crippen LogP contribution < -0.4 is 10.1 Å². The fourth-order valence-electron chi connectivity index (χ4n) is 1.67. The highest BCUT2D eigenvalue weighted by molar-refractivity contribution is 9.10. The second-order valence-corrected chi connectivity index (χ2v) is 4.52. The monoisotopic (exact) mass is 287 g/mol. The molecule has 4 nitrogen and oxygen atoms in total. The van der Waals surface area contributed by atoms with Crippen LogP contribution in [0.2, 0.25) is 0 Å². The third-order valence-corrected chi connectivity index (χ3v) is 3.18. The molecule has 1 unspecified atom stereocenters. The van der Waals surface area contributed by atoms with Crippen molar-refractivity contribution in [2.75, 3.05) is 20.4 Å². The highest BCUT2D eigenvalue weighted by atomic mass is 79.9. The number of benzene rings is 1. The minimum absolute atomic E-state index is 0.274. The van der Waals surface area contributed by atoms with E-state index in [4.69, 9.17) is 9.47 Å². The molecule has 0 aromatic heterocycles. The van der Waals surface area contributed by atoms with Gasteiger partial charge in [0.15, 0.2) is 6.79 Å². The first-order valence-electron chi connectivity index (χ1n) is 5.08. The Labute approximate surface area is 103 Å². The van der Waals surface area contributed by atoms with E-state index in [2.05, 4.69) is 21.2 Å². The maximum absolute atomic E-state index is 9.92. The highest BCUT2D eigenvalue weighted by Crippen LogP contribution is 2.33. The fraction of sp³-hybridized carbons (Fsp3) is 0.455. The number of ether oxygens (including phenoxy) is 2. The molecule has 0 amide bonds. The van der Waals surface area contributed by atoms with Crippen molar-refractivity contribution >= 4 is 15.9 Å². The SMILES string of the molecule is CNCC(O)c1cc2c(cc1Br)COCO2. The molecule has 2 N–H and O–H groups in total. The van der Waals surface area contributed by atoms with Gasteiger partial charge in [-0.1, -0.05) is 15.9 Å². The quantitative estimate of drug-likeness (QED) is 0.886. The summed E-state index contributed by atoms with van der Waals surface area (Å²) in [4.78, 5) is 0. The number of likely N-dealkylation sites (N-methyl/N-ethyl adjacent to an activating group) is 1. The lowest BCUT2D eigenvalue weighted by Gasteiger charge is -2.21. The normalized spacial score (nSPS) is 16.4. The topological polar surface area (TPSA) is 50.7 Å². The minimum Gasteiger partial charge on any atom is -0.467 e. The summed E-state index contributed by atoms with van der Waals surface area (Å²) in [5.41, 5.74) is 1.83. The van der Waals surface area contributed by atoms with Gasteiger partial charge in [-0.25, -0.2) is 0 Å². The van der Waals surface area contributed by atoms with Gasteiger partial charge in [-0.15, -0.1) is 0 Å². The zero-order valence-electron chi connectivity index (χ0n) is 9.00. The lowest BCUT2D eigenvalue weighted by molar-refractivity contribution is -0.0166. The van der Waals surface area contributed by atoms with E-state index in [1.807, 2.05) is 12.1 Å². The summed E-state index contributed by atoms with van der Waals surface area (Å²) in [5, 5.41) is 12.9. The van der Waals surface area contributed by atoms with Gasteiger partial charge in [0.05, 0.1) is 12.7 Å². The first kappa shape index (κ1) is 11.9. The molecule has 1 aromatic rings. The van der Waals surface area contributed by atoms with Gasteiger partial charge in [-0.05, 0) is 24.7 Å². The maximum atomic E-state index is 9.92. The second-order valence-electron chi connectivity index (χ2n) is 3.67. The number of rotatable bonds is 3. The van der Waals surface area contributed by atoms with Crippen molar-refractivity contribution in [3.8, 4) is 5.75 Å². The fourth-order valence-corrected chi connectivity index (χ4v) is 2.33. The number of hydrogen-bond acceptors (Lipinski definition) is 4. The van der Waals surface area contributed by atoms with Crippen LogP contribution in [-0.2, 0) is 11.3 Å². The zero-order chi connectivity index (χ0) is 11.5. The van der Waals surface area contributed by atoms with Crippen LogP contribution in [0.1, 0.15) is 17.2 Å². The van der Waals surface area contributed by atoms with Crippen molar-refractivity contribution in [3.05, 3.63) is 27.7 Å². The molecule has 0 radical (unpaired) electrons. The van der Waals surface area contributed by atoms with E-state index in [1.54, 1.807) is 7.05 Å². The molecule has 0 saturated carbocycles. The van der Waals surface area contributed by atoms with Crippen molar-refractivity contribution in [1.29, 1.82) is 0 Å². The van der Waals surface area contributed by atoms with Crippen molar-refractivity contribution in [3.63, 3.8) is 0 Å². The molecule has 0 fully saturated rings. The summed E-state index contributed by atoms with van der Waals surface area (Å²) in [6, 6.07) is 3.80. The molecule has 2 rings (SSSR count). The molecule has 1 aliphatic heterocycles. The second kappa shape index (κ2) is 5.14. The van der Waals surface area contributed by atoms with E-state index in [0.717, 1.165) is 21.3 Å². The molecule has 0 spiro atoms. The number of aliphatic hydroxyl groups is 1. The zero-order valence-corrected chi connectivity index (χ0v) is 10.6. The van der Waals surface area contributed by atoms with Crippen LogP contribution in [0.25, 0.3) is 0 Å². The van der Waals surface area contributed by atoms with Gasteiger partial charge in [-0.2, -0.15) is 0 Å². The third kappa shape index (κ3) is 2.38. The lowest BCUT2D eigenvalue weighted by Crippen LogP contribution is -2.18. The summed E-state index contributed by atoms with van der Waals surface area (Å²) in [6.45, 7) is 1.33. The van der Waals surface area contributed by atoms with Crippen LogP contribution in [0, 0.1) is 0 Å². The third-order valence-electron chi connectivity index (χ3n) is 2.49. The van der Waals surface area contributed by atoms with Crippen LogP contribution in [0.5, 0.6) is 5.75 Å². The molecule has 1 aromatic carbocycles. The molecular weight excluding hydrogens is 274 g/mol. The smallest absolute Gasteiger partial charge is 0.189 e. The Morgan fingerprint density at radius 2 is 2.38 bits per heavy atom. The molecule has 0 saturated heterocycles. The average Bonchev–Trinajstić information content (AvgIpc) is 2.28. The Morgan fingerprint density at radius 1 is 1.56 bits per heavy atom. The minimum atomic E-state index is -0.545. The van der Waals surface area contributed by atoms with Crippen molar-refractivity contribution in [2.45, 2.75) is 12.7 Å². The van der Waals surface area contributed by atoms with Crippen molar-refractivity contribution < 1.29 is 14.6 Å². The van der Waals surface area contributed by atoms with E-state index in [9.17, 15) is 5.11 Å². The largest absolute Gasteiger partial charge is 0.467 e. The predicted octanol–water partition coefficient (Wildman–Crippen LogP) is 1.57. The molecule has 16 heavy (non-hydrogen) atoms. The van der Waals surface area contributed by atoms with E-state index in [1.165, 1.54) is 0 Å². The molecule has 1 atom stereocenters. The number of halogens is 1. The summed E-state index contributed by atoms with van der Waals surface area (Å²) in [7, 11) is 1.81. The Kier molecular flexibility index (Phi) is 3.81. The van der Waals surface area contributed by atoms with Crippen LogP contribution in [-0.4, -0.2) is 25.5 Å². The lowest BCUT2D eigenvalue weighted by atomic mass is 10.1. The van der Waals surface area contributed by atoms with Gasteiger partial charge in [0.2, 0.25) is 0 Å². The Hall–Kier alpha value is -0.620. The number of hydrogen-bond donors (Lipinski definition) is 2. The Bertz CT molecular complexity index is 384. The highest BCUT2D eigenvalue weighted by Gasteiger charge is 2.17. The summed E-state index contributed by atoms with van der Waals surface area (Å²) in [5.74, 6) is 0.791. The molecule has 5 heteroatoms. The molecular formula is C11H14BrNO3. The summed E-state index contributed by atoms with van der Waals surface area (Å²) >= 11 is 3.45. The van der Waals surface area contributed by atoms with Crippen LogP contribution >= 0.6 is 15.9 Å². The van der Waals surface area contributed by atoms with E-state index in [0.29, 0.717) is 13.2 Å². The van der Waals surface area contributed by atoms with Crippen molar-refractivity contribution in [1.82, 2.24) is 5.32 Å². The molecule has 1 heterocycles. The first-order chi connectivity index (χ1) is 7.72. The van der Waals surface area contributed by atoms with Gasteiger partial charge < -0.3 is 19.9 Å². The molecule has 88 valence electrons. The first-order valence-corrected chi connectivity index (χ1v) is 5.87. The van der Waals surface area contributed by atoms with E-state index >= 15 is 0 Å². The van der Waals surface area contributed by atoms with Gasteiger partial charge in [-0.3, -0.25) is 0 Å². The summed E-state index contributed by atoms with van der Waals surface area (Å²) < 4.78 is 11.4. The van der Waals surface area contributed by atoms with Gasteiger partial charge in [0.25, 0.3) is 0 Å². The number of fused-ring (bicyclic) bond motifs is 1. The van der Waals surface area contributed by atoms with E-state index in [-0.39, 0.29) is 6.79 Å². The molecule has 0 aliphatic carbocycles. The van der Waals surface area contributed by atoms with Gasteiger partial charge in [0, 0.05) is 16.6 Å². The Balaban J connectivity index is 2.31. The predicted molar refractivity (Wildman–Crippen MR) is 63.3 cm³/mol. The van der Waals surface area contributed by atoms with E-state index < -0.39 is 6.10 Å². The van der Waals surface area contributed by atoms with Gasteiger partial charge >= 0.3 is 0 Å². The maximum Gasteiger partial charge on any atom is 0.189 e.